The van der Waals surface area contributed by atoms with Gasteiger partial charge in [0.05, 0.1) is 11.7 Å². The van der Waals surface area contributed by atoms with E-state index in [0.29, 0.717) is 4.47 Å². The number of carbonyl (C=O) groups is 1. The molecule has 0 saturated carbocycles. The quantitative estimate of drug-likeness (QED) is 0.648. The van der Waals surface area contributed by atoms with Gasteiger partial charge in [-0.25, -0.2) is 4.79 Å². The van der Waals surface area contributed by atoms with Gasteiger partial charge in [-0.2, -0.15) is 0 Å². The second-order valence-corrected chi connectivity index (χ2v) is 4.48. The van der Waals surface area contributed by atoms with Crippen LogP contribution in [0, 0.1) is 0 Å². The Hall–Kier alpha value is -0.950. The number of rotatable bonds is 5. The summed E-state index contributed by atoms with van der Waals surface area (Å²) in [5, 5.41) is 37.0. The molecule has 0 aromatic heterocycles. The first kappa shape index (κ1) is 14.1. The Morgan fingerprint density at radius 3 is 2.53 bits per heavy atom. The standard InChI is InChI=1S/C11H13BrO5/c12-6-1-2-7(8(5-6)11(16)17)10(15)9(14)3-4-13/h1-2,5,9-10,13-15H,3-4H2,(H,16,17). The van der Waals surface area contributed by atoms with Crippen LogP contribution in [0.3, 0.4) is 0 Å². The molecule has 4 N–H and O–H groups in total. The van der Waals surface area contributed by atoms with Gasteiger partial charge in [0.2, 0.25) is 0 Å². The molecule has 0 aliphatic rings. The van der Waals surface area contributed by atoms with Crippen molar-refractivity contribution >= 4 is 21.9 Å². The molecule has 0 fully saturated rings. The van der Waals surface area contributed by atoms with Gasteiger partial charge in [0.25, 0.3) is 0 Å². The molecule has 5 nitrogen and oxygen atoms in total. The third kappa shape index (κ3) is 3.50. The van der Waals surface area contributed by atoms with E-state index in [1.165, 1.54) is 12.1 Å². The molecule has 0 bridgehead atoms. The SMILES string of the molecule is O=C(O)c1cc(Br)ccc1C(O)C(O)CCO. The zero-order chi connectivity index (χ0) is 13.0. The monoisotopic (exact) mass is 304 g/mol. The molecule has 0 aliphatic heterocycles. The minimum atomic E-state index is -1.33. The number of carboxylic acids is 1. The molecule has 1 aromatic carbocycles. The van der Waals surface area contributed by atoms with Gasteiger partial charge in [-0.3, -0.25) is 0 Å². The Morgan fingerprint density at radius 1 is 1.35 bits per heavy atom. The van der Waals surface area contributed by atoms with Gasteiger partial charge in [0.15, 0.2) is 0 Å². The lowest BCUT2D eigenvalue weighted by molar-refractivity contribution is 0.00350. The molecule has 2 unspecified atom stereocenters. The highest BCUT2D eigenvalue weighted by Gasteiger charge is 2.23. The molecule has 1 aromatic rings. The average molecular weight is 305 g/mol. The van der Waals surface area contributed by atoms with Crippen LogP contribution in [-0.2, 0) is 0 Å². The lowest BCUT2D eigenvalue weighted by Crippen LogP contribution is -2.21. The van der Waals surface area contributed by atoms with Crippen LogP contribution in [0.5, 0.6) is 0 Å². The van der Waals surface area contributed by atoms with E-state index in [1.54, 1.807) is 6.07 Å². The first-order valence-electron chi connectivity index (χ1n) is 4.97. The number of aromatic carboxylic acids is 1. The number of benzene rings is 1. The zero-order valence-corrected chi connectivity index (χ0v) is 10.5. The molecule has 17 heavy (non-hydrogen) atoms. The van der Waals surface area contributed by atoms with Gasteiger partial charge < -0.3 is 20.4 Å². The van der Waals surface area contributed by atoms with E-state index in [4.69, 9.17) is 10.2 Å². The van der Waals surface area contributed by atoms with Crippen LogP contribution in [0.15, 0.2) is 22.7 Å². The summed E-state index contributed by atoms with van der Waals surface area (Å²) in [5.74, 6) is -1.18. The molecule has 0 radical (unpaired) electrons. The topological polar surface area (TPSA) is 98.0 Å². The molecule has 0 heterocycles. The largest absolute Gasteiger partial charge is 0.478 e. The van der Waals surface area contributed by atoms with Crippen molar-refractivity contribution in [2.24, 2.45) is 0 Å². The predicted octanol–water partition coefficient (Wildman–Crippen LogP) is 0.924. The highest BCUT2D eigenvalue weighted by atomic mass is 79.9. The van der Waals surface area contributed by atoms with Crippen LogP contribution in [-0.4, -0.2) is 39.1 Å². The van der Waals surface area contributed by atoms with Crippen LogP contribution in [0.4, 0.5) is 0 Å². The van der Waals surface area contributed by atoms with E-state index in [9.17, 15) is 15.0 Å². The Balaban J connectivity index is 3.08. The van der Waals surface area contributed by atoms with Gasteiger partial charge in [0, 0.05) is 11.1 Å². The van der Waals surface area contributed by atoms with Gasteiger partial charge >= 0.3 is 5.97 Å². The molecule has 6 heteroatoms. The summed E-state index contributed by atoms with van der Waals surface area (Å²) in [6, 6.07) is 4.36. The Labute approximate surface area is 106 Å². The molecular formula is C11H13BrO5. The summed E-state index contributed by atoms with van der Waals surface area (Å²) in [4.78, 5) is 11.0. The van der Waals surface area contributed by atoms with Gasteiger partial charge in [0.1, 0.15) is 6.10 Å². The number of aliphatic hydroxyl groups is 3. The second-order valence-electron chi connectivity index (χ2n) is 3.56. The summed E-state index contributed by atoms with van der Waals surface area (Å²) in [7, 11) is 0. The van der Waals surface area contributed by atoms with Crippen molar-refractivity contribution in [1.82, 2.24) is 0 Å². The van der Waals surface area contributed by atoms with Crippen LogP contribution in [0.2, 0.25) is 0 Å². The van der Waals surface area contributed by atoms with Crippen molar-refractivity contribution in [2.45, 2.75) is 18.6 Å². The normalized spacial score (nSPS) is 14.4. The Kier molecular flexibility index (Phi) is 5.07. The van der Waals surface area contributed by atoms with Crippen molar-refractivity contribution in [1.29, 1.82) is 0 Å². The number of hydrogen-bond acceptors (Lipinski definition) is 4. The van der Waals surface area contributed by atoms with Crippen molar-refractivity contribution in [2.75, 3.05) is 6.61 Å². The number of hydrogen-bond donors (Lipinski definition) is 4. The lowest BCUT2D eigenvalue weighted by Gasteiger charge is -2.19. The molecule has 0 aliphatic carbocycles. The summed E-state index contributed by atoms with van der Waals surface area (Å²) in [6.45, 7) is -0.281. The Bertz CT molecular complexity index is 407. The first-order valence-corrected chi connectivity index (χ1v) is 5.76. The zero-order valence-electron chi connectivity index (χ0n) is 8.88. The van der Waals surface area contributed by atoms with Gasteiger partial charge in [-0.15, -0.1) is 0 Å². The molecule has 0 saturated heterocycles. The van der Waals surface area contributed by atoms with Crippen LogP contribution < -0.4 is 0 Å². The maximum absolute atomic E-state index is 11.0. The van der Waals surface area contributed by atoms with Crippen LogP contribution in [0.1, 0.15) is 28.4 Å². The van der Waals surface area contributed by atoms with Crippen molar-refractivity contribution < 1.29 is 25.2 Å². The van der Waals surface area contributed by atoms with Crippen LogP contribution >= 0.6 is 15.9 Å². The van der Waals surface area contributed by atoms with E-state index in [-0.39, 0.29) is 24.2 Å². The Morgan fingerprint density at radius 2 is 2.00 bits per heavy atom. The van der Waals surface area contributed by atoms with Crippen molar-refractivity contribution in [3.63, 3.8) is 0 Å². The van der Waals surface area contributed by atoms with Crippen molar-refractivity contribution in [3.8, 4) is 0 Å². The number of carboxylic acid groups (broad SMARTS) is 1. The van der Waals surface area contributed by atoms with Crippen molar-refractivity contribution in [3.05, 3.63) is 33.8 Å². The summed E-state index contributed by atoms with van der Waals surface area (Å²) in [5.41, 5.74) is 0.0468. The molecule has 2 atom stereocenters. The predicted molar refractivity (Wildman–Crippen MR) is 63.8 cm³/mol. The molecule has 0 spiro atoms. The smallest absolute Gasteiger partial charge is 0.336 e. The molecule has 0 amide bonds. The molecule has 1 rings (SSSR count). The fourth-order valence-electron chi connectivity index (χ4n) is 1.47. The maximum atomic E-state index is 11.0. The van der Waals surface area contributed by atoms with E-state index < -0.39 is 18.2 Å². The summed E-state index contributed by atoms with van der Waals surface area (Å²) >= 11 is 3.13. The lowest BCUT2D eigenvalue weighted by atomic mass is 9.97. The summed E-state index contributed by atoms with van der Waals surface area (Å²) in [6.07, 6.45) is -2.54. The minimum absolute atomic E-state index is 0.0176. The van der Waals surface area contributed by atoms with E-state index in [1.807, 2.05) is 0 Å². The third-order valence-electron chi connectivity index (χ3n) is 2.35. The fourth-order valence-corrected chi connectivity index (χ4v) is 1.83. The third-order valence-corrected chi connectivity index (χ3v) is 2.85. The first-order chi connectivity index (χ1) is 7.97. The minimum Gasteiger partial charge on any atom is -0.478 e. The van der Waals surface area contributed by atoms with E-state index in [2.05, 4.69) is 15.9 Å². The average Bonchev–Trinajstić information content (AvgIpc) is 2.28. The molecule has 94 valence electrons. The van der Waals surface area contributed by atoms with Crippen LogP contribution in [0.25, 0.3) is 0 Å². The number of halogens is 1. The fraction of sp³-hybridized carbons (Fsp3) is 0.364. The second kappa shape index (κ2) is 6.11. The maximum Gasteiger partial charge on any atom is 0.336 e. The molecular weight excluding hydrogens is 292 g/mol. The highest BCUT2D eigenvalue weighted by molar-refractivity contribution is 9.10. The number of aliphatic hydroxyl groups excluding tert-OH is 3. The van der Waals surface area contributed by atoms with Gasteiger partial charge in [-0.05, 0) is 24.1 Å². The van der Waals surface area contributed by atoms with E-state index >= 15 is 0 Å². The van der Waals surface area contributed by atoms with Gasteiger partial charge in [-0.1, -0.05) is 22.0 Å². The highest BCUT2D eigenvalue weighted by Crippen LogP contribution is 2.25. The van der Waals surface area contributed by atoms with E-state index in [0.717, 1.165) is 0 Å². The summed E-state index contributed by atoms with van der Waals surface area (Å²) < 4.78 is 0.572.